The molecular formula is C24H24N2O2S2. The number of fused-ring (bicyclic) bond motifs is 1. The van der Waals surface area contributed by atoms with Crippen LogP contribution in [-0.2, 0) is 15.4 Å². The van der Waals surface area contributed by atoms with Gasteiger partial charge in [-0.25, -0.2) is 13.4 Å². The van der Waals surface area contributed by atoms with Gasteiger partial charge in [0.15, 0.2) is 0 Å². The van der Waals surface area contributed by atoms with Crippen molar-refractivity contribution in [1.82, 2.24) is 4.98 Å². The summed E-state index contributed by atoms with van der Waals surface area (Å²) in [5.41, 5.74) is 4.74. The number of nitrogens with one attached hydrogen (secondary N) is 1. The quantitative estimate of drug-likeness (QED) is 0.404. The Morgan fingerprint density at radius 2 is 1.57 bits per heavy atom. The van der Waals surface area contributed by atoms with E-state index >= 15 is 0 Å². The summed E-state index contributed by atoms with van der Waals surface area (Å²) in [6.45, 7) is 8.37. The molecule has 0 atom stereocenters. The van der Waals surface area contributed by atoms with E-state index in [-0.39, 0.29) is 10.3 Å². The van der Waals surface area contributed by atoms with Gasteiger partial charge in [-0.2, -0.15) is 0 Å². The van der Waals surface area contributed by atoms with Gasteiger partial charge < -0.3 is 0 Å². The van der Waals surface area contributed by atoms with Crippen molar-refractivity contribution in [1.29, 1.82) is 0 Å². The summed E-state index contributed by atoms with van der Waals surface area (Å²) in [4.78, 5) is 4.93. The van der Waals surface area contributed by atoms with Crippen LogP contribution in [0.3, 0.4) is 0 Å². The lowest BCUT2D eigenvalue weighted by Crippen LogP contribution is -2.14. The molecule has 0 saturated carbocycles. The average molecular weight is 437 g/mol. The molecule has 3 aromatic carbocycles. The molecule has 0 amide bonds. The van der Waals surface area contributed by atoms with Gasteiger partial charge in [0, 0.05) is 11.3 Å². The fourth-order valence-corrected chi connectivity index (χ4v) is 5.31. The Balaban J connectivity index is 1.55. The monoisotopic (exact) mass is 436 g/mol. The molecule has 0 fully saturated rings. The smallest absolute Gasteiger partial charge is 0.261 e. The highest BCUT2D eigenvalue weighted by atomic mass is 32.2. The average Bonchev–Trinajstić information content (AvgIpc) is 3.11. The van der Waals surface area contributed by atoms with Crippen LogP contribution >= 0.6 is 11.3 Å². The molecule has 0 radical (unpaired) electrons. The Morgan fingerprint density at radius 1 is 0.900 bits per heavy atom. The zero-order valence-corrected chi connectivity index (χ0v) is 19.1. The first-order chi connectivity index (χ1) is 14.1. The van der Waals surface area contributed by atoms with Gasteiger partial charge in [0.25, 0.3) is 10.0 Å². The summed E-state index contributed by atoms with van der Waals surface area (Å²) >= 11 is 1.63. The van der Waals surface area contributed by atoms with Crippen LogP contribution in [0.15, 0.2) is 71.6 Å². The lowest BCUT2D eigenvalue weighted by Gasteiger charge is -2.19. The predicted octanol–water partition coefficient (Wildman–Crippen LogP) is 6.37. The van der Waals surface area contributed by atoms with Crippen LogP contribution in [0.1, 0.15) is 31.9 Å². The number of sulfonamides is 1. The molecule has 4 rings (SSSR count). The molecule has 1 N–H and O–H groups in total. The third-order valence-corrected chi connectivity index (χ3v) is 7.42. The van der Waals surface area contributed by atoms with Crippen LogP contribution in [0.2, 0.25) is 0 Å². The molecular weight excluding hydrogens is 412 g/mol. The number of benzene rings is 3. The summed E-state index contributed by atoms with van der Waals surface area (Å²) < 4.78 is 29.3. The van der Waals surface area contributed by atoms with Crippen LogP contribution < -0.4 is 4.72 Å². The van der Waals surface area contributed by atoms with E-state index in [9.17, 15) is 8.42 Å². The second kappa shape index (κ2) is 7.52. The summed E-state index contributed by atoms with van der Waals surface area (Å²) in [5, 5.41) is 0.919. The third-order valence-electron chi connectivity index (χ3n) is 4.96. The molecule has 4 aromatic rings. The molecule has 0 aliphatic rings. The molecule has 0 bridgehead atoms. The first kappa shape index (κ1) is 20.6. The number of aryl methyl sites for hydroxylation is 1. The molecule has 0 spiro atoms. The lowest BCUT2D eigenvalue weighted by atomic mass is 9.87. The zero-order valence-electron chi connectivity index (χ0n) is 17.4. The minimum Gasteiger partial charge on any atom is -0.280 e. The number of rotatable bonds is 4. The lowest BCUT2D eigenvalue weighted by molar-refractivity contribution is 0.587. The SMILES string of the molecule is Cc1ccc2nc(-c3ccc(NS(=O)(=O)c4ccc(C(C)(C)C)cc4)cc3)sc2c1. The molecule has 154 valence electrons. The van der Waals surface area contributed by atoms with Crippen molar-refractivity contribution in [3.05, 3.63) is 77.9 Å². The Kier molecular flexibility index (Phi) is 5.16. The molecule has 1 heterocycles. The first-order valence-corrected chi connectivity index (χ1v) is 12.0. The van der Waals surface area contributed by atoms with Gasteiger partial charge in [0.2, 0.25) is 0 Å². The normalized spacial score (nSPS) is 12.3. The molecule has 0 saturated heterocycles. The van der Waals surface area contributed by atoms with Gasteiger partial charge >= 0.3 is 0 Å². The Bertz CT molecular complexity index is 1300. The fraction of sp³-hybridized carbons (Fsp3) is 0.208. The molecule has 0 unspecified atom stereocenters. The molecule has 0 aliphatic carbocycles. The topological polar surface area (TPSA) is 59.1 Å². The fourth-order valence-electron chi connectivity index (χ4n) is 3.18. The number of thiazole rings is 1. The van der Waals surface area contributed by atoms with Crippen LogP contribution in [0, 0.1) is 6.92 Å². The summed E-state index contributed by atoms with van der Waals surface area (Å²) in [6, 6.07) is 20.6. The third kappa shape index (κ3) is 4.25. The zero-order chi connectivity index (χ0) is 21.5. The van der Waals surface area contributed by atoms with Crippen LogP contribution in [0.5, 0.6) is 0 Å². The summed E-state index contributed by atoms with van der Waals surface area (Å²) in [5.74, 6) is 0. The maximum absolute atomic E-state index is 12.7. The van der Waals surface area contributed by atoms with Gasteiger partial charge in [-0.1, -0.05) is 39.0 Å². The second-order valence-corrected chi connectivity index (χ2v) is 11.2. The molecule has 30 heavy (non-hydrogen) atoms. The Labute approximate surface area is 181 Å². The molecule has 0 aliphatic heterocycles. The highest BCUT2D eigenvalue weighted by molar-refractivity contribution is 7.92. The van der Waals surface area contributed by atoms with E-state index in [2.05, 4.69) is 49.5 Å². The van der Waals surface area contributed by atoms with E-state index in [4.69, 9.17) is 0 Å². The minimum atomic E-state index is -3.64. The highest BCUT2D eigenvalue weighted by Gasteiger charge is 2.18. The van der Waals surface area contributed by atoms with E-state index in [0.29, 0.717) is 5.69 Å². The predicted molar refractivity (Wildman–Crippen MR) is 126 cm³/mol. The van der Waals surface area contributed by atoms with Crippen molar-refractivity contribution in [2.24, 2.45) is 0 Å². The number of hydrogen-bond acceptors (Lipinski definition) is 4. The van der Waals surface area contributed by atoms with Gasteiger partial charge in [-0.3, -0.25) is 4.72 Å². The highest BCUT2D eigenvalue weighted by Crippen LogP contribution is 2.31. The van der Waals surface area contributed by atoms with E-state index in [1.807, 2.05) is 30.3 Å². The maximum atomic E-state index is 12.7. The van der Waals surface area contributed by atoms with Crippen LogP contribution in [0.25, 0.3) is 20.8 Å². The molecule has 4 nitrogen and oxygen atoms in total. The summed E-state index contributed by atoms with van der Waals surface area (Å²) in [6.07, 6.45) is 0. The molecule has 1 aromatic heterocycles. The van der Waals surface area contributed by atoms with Crippen molar-refractivity contribution >= 4 is 37.3 Å². The van der Waals surface area contributed by atoms with E-state index in [0.717, 1.165) is 26.4 Å². The van der Waals surface area contributed by atoms with Crippen molar-refractivity contribution < 1.29 is 8.42 Å². The van der Waals surface area contributed by atoms with Crippen molar-refractivity contribution in [3.8, 4) is 10.6 Å². The first-order valence-electron chi connectivity index (χ1n) is 9.73. The number of nitrogens with zero attached hydrogens (tertiary/aromatic N) is 1. The van der Waals surface area contributed by atoms with E-state index < -0.39 is 10.0 Å². The van der Waals surface area contributed by atoms with Gasteiger partial charge in [-0.05, 0) is 72.0 Å². The Hall–Kier alpha value is -2.70. The number of hydrogen-bond donors (Lipinski definition) is 1. The number of anilines is 1. The minimum absolute atomic E-state index is 0.0229. The number of aromatic nitrogens is 1. The van der Waals surface area contributed by atoms with Gasteiger partial charge in [-0.15, -0.1) is 11.3 Å². The van der Waals surface area contributed by atoms with Gasteiger partial charge in [0.05, 0.1) is 15.1 Å². The Morgan fingerprint density at radius 3 is 2.20 bits per heavy atom. The largest absolute Gasteiger partial charge is 0.280 e. The van der Waals surface area contributed by atoms with Crippen LogP contribution in [-0.4, -0.2) is 13.4 Å². The summed E-state index contributed by atoms with van der Waals surface area (Å²) in [7, 11) is -3.64. The standard InChI is InChI=1S/C24H24N2O2S2/c1-16-5-14-21-22(15-16)29-23(25-21)17-6-10-19(11-7-17)26-30(27,28)20-12-8-18(9-13-20)24(2,3)4/h5-15,26H,1-4H3. The van der Waals surface area contributed by atoms with E-state index in [1.165, 1.54) is 5.56 Å². The van der Waals surface area contributed by atoms with Crippen molar-refractivity contribution in [2.45, 2.75) is 38.0 Å². The van der Waals surface area contributed by atoms with E-state index in [1.54, 1.807) is 35.6 Å². The maximum Gasteiger partial charge on any atom is 0.261 e. The second-order valence-electron chi connectivity index (χ2n) is 8.45. The van der Waals surface area contributed by atoms with Crippen molar-refractivity contribution in [2.75, 3.05) is 4.72 Å². The van der Waals surface area contributed by atoms with Crippen molar-refractivity contribution in [3.63, 3.8) is 0 Å². The van der Waals surface area contributed by atoms with Crippen LogP contribution in [0.4, 0.5) is 5.69 Å². The molecule has 6 heteroatoms. The van der Waals surface area contributed by atoms with Gasteiger partial charge in [0.1, 0.15) is 5.01 Å².